The summed E-state index contributed by atoms with van der Waals surface area (Å²) in [6.07, 6.45) is 0. The van der Waals surface area contributed by atoms with Crippen molar-refractivity contribution >= 4 is 21.6 Å². The maximum Gasteiger partial charge on any atom is 0.279 e. The quantitative estimate of drug-likeness (QED) is 0.724. The Kier molecular flexibility index (Phi) is 5.87. The van der Waals surface area contributed by atoms with Crippen LogP contribution < -0.4 is 10.2 Å². The number of anilines is 1. The van der Waals surface area contributed by atoms with E-state index in [4.69, 9.17) is 0 Å². The van der Waals surface area contributed by atoms with Crippen LogP contribution in [0, 0.1) is 20.8 Å². The summed E-state index contributed by atoms with van der Waals surface area (Å²) in [5.41, 5.74) is 3.48. The number of aromatic nitrogens is 2. The first-order chi connectivity index (χ1) is 13.2. The molecule has 0 aliphatic carbocycles. The largest absolute Gasteiger partial charge is 0.325 e. The Morgan fingerprint density at radius 3 is 2.29 bits per heavy atom. The predicted molar refractivity (Wildman–Crippen MR) is 107 cm³/mol. The van der Waals surface area contributed by atoms with E-state index in [1.165, 1.54) is 4.31 Å². The first-order valence-electron chi connectivity index (χ1n) is 9.39. The molecule has 1 fully saturated rings. The number of hydrogen-bond donors (Lipinski definition) is 2. The lowest BCUT2D eigenvalue weighted by atomic mass is 10.2. The Morgan fingerprint density at radius 1 is 1.14 bits per heavy atom. The smallest absolute Gasteiger partial charge is 0.279 e. The Hall–Kier alpha value is -2.23. The van der Waals surface area contributed by atoms with Crippen LogP contribution in [-0.4, -0.2) is 61.1 Å². The summed E-state index contributed by atoms with van der Waals surface area (Å²) < 4.78 is 28.8. The van der Waals surface area contributed by atoms with Gasteiger partial charge in [-0.25, -0.2) is 8.42 Å². The molecule has 28 heavy (non-hydrogen) atoms. The number of rotatable bonds is 5. The lowest BCUT2D eigenvalue weighted by Crippen LogP contribution is -3.15. The van der Waals surface area contributed by atoms with E-state index in [0.29, 0.717) is 37.6 Å². The molecule has 3 rings (SSSR count). The number of piperazine rings is 1. The van der Waals surface area contributed by atoms with Crippen molar-refractivity contribution in [2.75, 3.05) is 38.0 Å². The van der Waals surface area contributed by atoms with Crippen molar-refractivity contribution in [1.29, 1.82) is 0 Å². The van der Waals surface area contributed by atoms with Gasteiger partial charge in [0, 0.05) is 7.05 Å². The van der Waals surface area contributed by atoms with E-state index >= 15 is 0 Å². The molecule has 2 N–H and O–H groups in total. The summed E-state index contributed by atoms with van der Waals surface area (Å²) in [5.74, 6) is -0.0796. The van der Waals surface area contributed by atoms with Crippen LogP contribution in [0.2, 0.25) is 0 Å². The minimum Gasteiger partial charge on any atom is -0.325 e. The van der Waals surface area contributed by atoms with Gasteiger partial charge in [-0.3, -0.25) is 9.48 Å². The second-order valence-electron chi connectivity index (χ2n) is 7.36. The summed E-state index contributed by atoms with van der Waals surface area (Å²) in [6.45, 7) is 8.03. The normalized spacial score (nSPS) is 16.3. The molecule has 9 heteroatoms. The van der Waals surface area contributed by atoms with Gasteiger partial charge in [-0.05, 0) is 32.9 Å². The second-order valence-corrected chi connectivity index (χ2v) is 9.30. The van der Waals surface area contributed by atoms with Gasteiger partial charge in [-0.15, -0.1) is 0 Å². The average Bonchev–Trinajstić information content (AvgIpc) is 2.88. The number of quaternary nitrogens is 1. The molecule has 1 aliphatic rings. The van der Waals surface area contributed by atoms with E-state index in [1.807, 2.05) is 27.8 Å². The van der Waals surface area contributed by atoms with E-state index in [1.54, 1.807) is 28.9 Å². The Bertz CT molecular complexity index is 958. The third kappa shape index (κ3) is 4.26. The van der Waals surface area contributed by atoms with Crippen molar-refractivity contribution in [3.8, 4) is 0 Å². The van der Waals surface area contributed by atoms with Gasteiger partial charge >= 0.3 is 0 Å². The Morgan fingerprint density at radius 2 is 1.75 bits per heavy atom. The van der Waals surface area contributed by atoms with Gasteiger partial charge in [-0.1, -0.05) is 17.7 Å². The molecule has 1 amide bonds. The van der Waals surface area contributed by atoms with Gasteiger partial charge in [-0.2, -0.15) is 9.40 Å². The van der Waals surface area contributed by atoms with Gasteiger partial charge in [0.15, 0.2) is 6.54 Å². The van der Waals surface area contributed by atoms with E-state index in [-0.39, 0.29) is 5.91 Å². The highest BCUT2D eigenvalue weighted by Gasteiger charge is 2.31. The Balaban J connectivity index is 1.56. The van der Waals surface area contributed by atoms with Crippen molar-refractivity contribution in [2.45, 2.75) is 25.7 Å². The van der Waals surface area contributed by atoms with E-state index < -0.39 is 10.0 Å². The van der Waals surface area contributed by atoms with Gasteiger partial charge in [0.05, 0.1) is 48.1 Å². The standard InChI is InChI=1S/C19H27N5O3S/c1-14-5-7-17(8-6-14)28(26,27)24-11-9-23(10-12-24)13-18(25)20-19-15(2)21-22(4)16(19)3/h5-8H,9-13H2,1-4H3,(H,20,25)/p+1. The van der Waals surface area contributed by atoms with Crippen LogP contribution in [0.15, 0.2) is 29.2 Å². The van der Waals surface area contributed by atoms with Gasteiger partial charge in [0.25, 0.3) is 5.91 Å². The molecule has 0 radical (unpaired) electrons. The molecule has 0 spiro atoms. The monoisotopic (exact) mass is 406 g/mol. The number of aryl methyl sites for hydroxylation is 3. The summed E-state index contributed by atoms with van der Waals surface area (Å²) >= 11 is 0. The third-order valence-electron chi connectivity index (χ3n) is 5.27. The number of carbonyl (C=O) groups excluding carboxylic acids is 1. The zero-order valence-electron chi connectivity index (χ0n) is 16.8. The lowest BCUT2D eigenvalue weighted by Gasteiger charge is -2.31. The molecule has 0 bridgehead atoms. The van der Waals surface area contributed by atoms with Crippen molar-refractivity contribution in [3.63, 3.8) is 0 Å². The maximum atomic E-state index is 12.8. The van der Waals surface area contributed by atoms with Crippen molar-refractivity contribution < 1.29 is 18.1 Å². The molecule has 152 valence electrons. The highest BCUT2D eigenvalue weighted by atomic mass is 32.2. The van der Waals surface area contributed by atoms with Gasteiger partial charge < -0.3 is 10.2 Å². The molecule has 2 aromatic rings. The molecular weight excluding hydrogens is 378 g/mol. The molecule has 0 atom stereocenters. The third-order valence-corrected chi connectivity index (χ3v) is 7.19. The number of nitrogens with zero attached hydrogens (tertiary/aromatic N) is 3. The fourth-order valence-corrected chi connectivity index (χ4v) is 4.89. The van der Waals surface area contributed by atoms with Crippen molar-refractivity contribution in [1.82, 2.24) is 14.1 Å². The minimum absolute atomic E-state index is 0.0796. The van der Waals surface area contributed by atoms with Crippen molar-refractivity contribution in [2.24, 2.45) is 7.05 Å². The molecule has 1 aromatic carbocycles. The zero-order valence-corrected chi connectivity index (χ0v) is 17.6. The molecule has 0 saturated carbocycles. The van der Waals surface area contributed by atoms with Crippen LogP contribution in [0.3, 0.4) is 0 Å². The fourth-order valence-electron chi connectivity index (χ4n) is 3.44. The first kappa shape index (κ1) is 20.5. The Labute approximate surface area is 166 Å². The minimum atomic E-state index is -3.48. The molecule has 1 saturated heterocycles. The maximum absolute atomic E-state index is 12.8. The van der Waals surface area contributed by atoms with Crippen LogP contribution >= 0.6 is 0 Å². The van der Waals surface area contributed by atoms with Gasteiger partial charge in [0.1, 0.15) is 0 Å². The average molecular weight is 407 g/mol. The number of nitrogens with one attached hydrogen (secondary N) is 2. The SMILES string of the molecule is Cc1ccc(S(=O)(=O)N2CC[NH+](CC(=O)Nc3c(C)nn(C)c3C)CC2)cc1. The summed E-state index contributed by atoms with van der Waals surface area (Å²) in [4.78, 5) is 13.8. The van der Waals surface area contributed by atoms with Crippen LogP contribution in [-0.2, 0) is 21.9 Å². The van der Waals surface area contributed by atoms with Crippen LogP contribution in [0.5, 0.6) is 0 Å². The number of hydrogen-bond acceptors (Lipinski definition) is 4. The summed E-state index contributed by atoms with van der Waals surface area (Å²) in [5, 5.41) is 7.25. The van der Waals surface area contributed by atoms with E-state index in [0.717, 1.165) is 27.5 Å². The first-order valence-corrected chi connectivity index (χ1v) is 10.8. The second kappa shape index (κ2) is 8.02. The van der Waals surface area contributed by atoms with Crippen LogP contribution in [0.25, 0.3) is 0 Å². The van der Waals surface area contributed by atoms with Gasteiger partial charge in [0.2, 0.25) is 10.0 Å². The number of benzene rings is 1. The highest BCUT2D eigenvalue weighted by molar-refractivity contribution is 7.89. The van der Waals surface area contributed by atoms with Crippen molar-refractivity contribution in [3.05, 3.63) is 41.2 Å². The predicted octanol–water partition coefficient (Wildman–Crippen LogP) is -0.127. The number of carbonyl (C=O) groups is 1. The van der Waals surface area contributed by atoms with Crippen LogP contribution in [0.1, 0.15) is 17.0 Å². The lowest BCUT2D eigenvalue weighted by molar-refractivity contribution is -0.895. The molecule has 2 heterocycles. The zero-order chi connectivity index (χ0) is 20.5. The van der Waals surface area contributed by atoms with Crippen LogP contribution in [0.4, 0.5) is 5.69 Å². The fraction of sp³-hybridized carbons (Fsp3) is 0.474. The topological polar surface area (TPSA) is 88.7 Å². The van der Waals surface area contributed by atoms with E-state index in [2.05, 4.69) is 10.4 Å². The molecule has 0 unspecified atom stereocenters. The summed E-state index contributed by atoms with van der Waals surface area (Å²) in [7, 11) is -1.64. The highest BCUT2D eigenvalue weighted by Crippen LogP contribution is 2.18. The molecular formula is C19H28N5O3S+. The number of amides is 1. The molecule has 1 aromatic heterocycles. The molecule has 1 aliphatic heterocycles. The number of sulfonamides is 1. The molecule has 8 nitrogen and oxygen atoms in total. The van der Waals surface area contributed by atoms with E-state index in [9.17, 15) is 13.2 Å². The summed E-state index contributed by atoms with van der Waals surface area (Å²) in [6, 6.07) is 6.91.